The third-order valence-corrected chi connectivity index (χ3v) is 4.05. The van der Waals surface area contributed by atoms with Crippen LogP contribution >= 0.6 is 0 Å². The molecule has 19 heavy (non-hydrogen) atoms. The van der Waals surface area contributed by atoms with Crippen LogP contribution in [0.4, 0.5) is 5.69 Å². The topological polar surface area (TPSA) is 127 Å². The Labute approximate surface area is 109 Å². The summed E-state index contributed by atoms with van der Waals surface area (Å²) < 4.78 is 25.6. The molecule has 0 spiro atoms. The summed E-state index contributed by atoms with van der Waals surface area (Å²) in [5.41, 5.74) is 0.409. The second kappa shape index (κ2) is 5.33. The molecule has 0 fully saturated rings. The fourth-order valence-corrected chi connectivity index (χ4v) is 2.74. The lowest BCUT2D eigenvalue weighted by atomic mass is 10.1. The fraction of sp³-hybridized carbons (Fsp3) is 0.300. The molecule has 0 saturated carbocycles. The van der Waals surface area contributed by atoms with Gasteiger partial charge in [-0.05, 0) is 25.0 Å². The first-order chi connectivity index (χ1) is 8.65. The smallest absolute Gasteiger partial charge is 0.318 e. The van der Waals surface area contributed by atoms with Crippen molar-refractivity contribution < 1.29 is 23.2 Å². The van der Waals surface area contributed by atoms with E-state index in [1.807, 2.05) is 4.72 Å². The first-order valence-electron chi connectivity index (χ1n) is 5.12. The van der Waals surface area contributed by atoms with Crippen molar-refractivity contribution in [2.24, 2.45) is 0 Å². The van der Waals surface area contributed by atoms with Crippen LogP contribution in [0.5, 0.6) is 0 Å². The minimum atomic E-state index is -4.10. The Morgan fingerprint density at radius 2 is 2.00 bits per heavy atom. The van der Waals surface area contributed by atoms with Crippen LogP contribution < -0.4 is 4.72 Å². The van der Waals surface area contributed by atoms with Crippen molar-refractivity contribution >= 4 is 21.7 Å². The zero-order valence-electron chi connectivity index (χ0n) is 10.2. The molecule has 0 aliphatic carbocycles. The van der Waals surface area contributed by atoms with Crippen molar-refractivity contribution in [3.05, 3.63) is 33.4 Å². The lowest BCUT2D eigenvalue weighted by molar-refractivity contribution is -0.385. The van der Waals surface area contributed by atoms with Crippen molar-refractivity contribution in [1.29, 1.82) is 0 Å². The predicted molar refractivity (Wildman–Crippen MR) is 65.4 cm³/mol. The standard InChI is InChI=1S/C10H12N2O6S/c1-6-3-8(12(15)16)4-9(7(6)2)19(17,18)11-5-10(13)14/h3-4,11H,5H2,1-2H3,(H,13,14). The molecule has 0 aromatic heterocycles. The molecular formula is C10H12N2O6S. The Kier molecular flexibility index (Phi) is 4.22. The summed E-state index contributed by atoms with van der Waals surface area (Å²) in [4.78, 5) is 20.1. The van der Waals surface area contributed by atoms with Crippen molar-refractivity contribution in [1.82, 2.24) is 4.72 Å². The van der Waals surface area contributed by atoms with Gasteiger partial charge in [0.25, 0.3) is 5.69 Å². The number of carboxylic acid groups (broad SMARTS) is 1. The van der Waals surface area contributed by atoms with Gasteiger partial charge in [0.05, 0.1) is 9.82 Å². The van der Waals surface area contributed by atoms with E-state index in [9.17, 15) is 23.3 Å². The van der Waals surface area contributed by atoms with Crippen LogP contribution in [0.3, 0.4) is 0 Å². The van der Waals surface area contributed by atoms with Gasteiger partial charge >= 0.3 is 5.97 Å². The SMILES string of the molecule is Cc1cc([N+](=O)[O-])cc(S(=O)(=O)NCC(=O)O)c1C. The molecular weight excluding hydrogens is 276 g/mol. The Bertz CT molecular complexity index is 638. The average Bonchev–Trinajstić information content (AvgIpc) is 2.29. The normalized spacial score (nSPS) is 11.3. The second-order valence-electron chi connectivity index (χ2n) is 3.86. The van der Waals surface area contributed by atoms with Crippen molar-refractivity contribution in [3.63, 3.8) is 0 Å². The number of carbonyl (C=O) groups is 1. The highest BCUT2D eigenvalue weighted by Gasteiger charge is 2.22. The van der Waals surface area contributed by atoms with E-state index in [4.69, 9.17) is 5.11 Å². The number of nitro benzene ring substituents is 1. The van der Waals surface area contributed by atoms with E-state index < -0.39 is 27.5 Å². The number of nitro groups is 1. The van der Waals surface area contributed by atoms with Crippen molar-refractivity contribution in [3.8, 4) is 0 Å². The van der Waals surface area contributed by atoms with Crippen LogP contribution in [0.25, 0.3) is 0 Å². The number of nitrogens with one attached hydrogen (secondary N) is 1. The molecule has 0 heterocycles. The largest absolute Gasteiger partial charge is 0.480 e. The molecule has 0 aliphatic heterocycles. The zero-order chi connectivity index (χ0) is 14.8. The van der Waals surface area contributed by atoms with E-state index in [2.05, 4.69) is 0 Å². The average molecular weight is 288 g/mol. The maximum Gasteiger partial charge on any atom is 0.318 e. The molecule has 0 bridgehead atoms. The van der Waals surface area contributed by atoms with Gasteiger partial charge in [-0.15, -0.1) is 0 Å². The van der Waals surface area contributed by atoms with Crippen molar-refractivity contribution in [2.45, 2.75) is 18.7 Å². The van der Waals surface area contributed by atoms with Gasteiger partial charge in [-0.3, -0.25) is 14.9 Å². The molecule has 0 aliphatic rings. The number of rotatable bonds is 5. The van der Waals surface area contributed by atoms with Crippen LogP contribution in [0.1, 0.15) is 11.1 Å². The summed E-state index contributed by atoms with van der Waals surface area (Å²) in [5.74, 6) is -1.34. The van der Waals surface area contributed by atoms with Gasteiger partial charge < -0.3 is 5.11 Å². The lowest BCUT2D eigenvalue weighted by Gasteiger charge is -2.10. The van der Waals surface area contributed by atoms with Gasteiger partial charge in [-0.2, -0.15) is 4.72 Å². The van der Waals surface area contributed by atoms with Crippen LogP contribution in [0, 0.1) is 24.0 Å². The monoisotopic (exact) mass is 288 g/mol. The van der Waals surface area contributed by atoms with Crippen LogP contribution in [0.15, 0.2) is 17.0 Å². The molecule has 0 amide bonds. The molecule has 1 aromatic carbocycles. The Hall–Kier alpha value is -2.00. The summed E-state index contributed by atoms with van der Waals surface area (Å²) in [6.45, 7) is 2.25. The maximum atomic E-state index is 11.9. The first-order valence-corrected chi connectivity index (χ1v) is 6.60. The minimum absolute atomic E-state index is 0.291. The highest BCUT2D eigenvalue weighted by molar-refractivity contribution is 7.89. The first kappa shape index (κ1) is 15.1. The van der Waals surface area contributed by atoms with E-state index in [1.165, 1.54) is 13.0 Å². The number of non-ortho nitro benzene ring substituents is 1. The molecule has 0 unspecified atom stereocenters. The van der Waals surface area contributed by atoms with Crippen LogP contribution in [-0.2, 0) is 14.8 Å². The third-order valence-electron chi connectivity index (χ3n) is 2.52. The van der Waals surface area contributed by atoms with E-state index in [0.717, 1.165) is 6.07 Å². The Balaban J connectivity index is 3.33. The number of hydrogen-bond acceptors (Lipinski definition) is 5. The highest BCUT2D eigenvalue weighted by atomic mass is 32.2. The number of benzene rings is 1. The van der Waals surface area contributed by atoms with Gasteiger partial charge in [0.2, 0.25) is 10.0 Å². The molecule has 0 saturated heterocycles. The summed E-state index contributed by atoms with van der Waals surface area (Å²) >= 11 is 0. The molecule has 9 heteroatoms. The molecule has 1 aromatic rings. The third kappa shape index (κ3) is 3.48. The van der Waals surface area contributed by atoms with Gasteiger partial charge in [-0.25, -0.2) is 8.42 Å². The van der Waals surface area contributed by atoms with E-state index >= 15 is 0 Å². The summed E-state index contributed by atoms with van der Waals surface area (Å²) in [5, 5.41) is 19.2. The molecule has 8 nitrogen and oxygen atoms in total. The van der Waals surface area contributed by atoms with E-state index in [1.54, 1.807) is 6.92 Å². The zero-order valence-corrected chi connectivity index (χ0v) is 11.0. The van der Waals surface area contributed by atoms with Gasteiger partial charge in [0.1, 0.15) is 6.54 Å². The quantitative estimate of drug-likeness (QED) is 0.602. The van der Waals surface area contributed by atoms with Crippen LogP contribution in [-0.4, -0.2) is 31.0 Å². The number of sulfonamides is 1. The summed E-state index contributed by atoms with van der Waals surface area (Å²) in [7, 11) is -4.10. The Morgan fingerprint density at radius 1 is 1.42 bits per heavy atom. The molecule has 0 atom stereocenters. The molecule has 104 valence electrons. The number of aryl methyl sites for hydroxylation is 1. The van der Waals surface area contributed by atoms with Gasteiger partial charge in [-0.1, -0.05) is 0 Å². The van der Waals surface area contributed by atoms with E-state index in [-0.39, 0.29) is 10.6 Å². The highest BCUT2D eigenvalue weighted by Crippen LogP contribution is 2.25. The van der Waals surface area contributed by atoms with Crippen molar-refractivity contribution in [2.75, 3.05) is 6.54 Å². The number of carboxylic acids is 1. The van der Waals surface area contributed by atoms with E-state index in [0.29, 0.717) is 11.1 Å². The molecule has 1 rings (SSSR count). The number of hydrogen-bond donors (Lipinski definition) is 2. The maximum absolute atomic E-state index is 11.9. The summed E-state index contributed by atoms with van der Waals surface area (Å²) in [6, 6.07) is 2.16. The minimum Gasteiger partial charge on any atom is -0.480 e. The second-order valence-corrected chi connectivity index (χ2v) is 5.60. The van der Waals surface area contributed by atoms with Crippen LogP contribution in [0.2, 0.25) is 0 Å². The molecule has 0 radical (unpaired) electrons. The number of aliphatic carboxylic acids is 1. The Morgan fingerprint density at radius 3 is 2.47 bits per heavy atom. The lowest BCUT2D eigenvalue weighted by Crippen LogP contribution is -2.30. The number of nitrogens with zero attached hydrogens (tertiary/aromatic N) is 1. The van der Waals surface area contributed by atoms with Gasteiger partial charge in [0, 0.05) is 12.1 Å². The summed E-state index contributed by atoms with van der Waals surface area (Å²) in [6.07, 6.45) is 0. The van der Waals surface area contributed by atoms with Gasteiger partial charge in [0.15, 0.2) is 0 Å². The predicted octanol–water partition coefficient (Wildman–Crippen LogP) is 0.575. The molecule has 2 N–H and O–H groups in total. The fourth-order valence-electron chi connectivity index (χ4n) is 1.43.